The Kier molecular flexibility index (Phi) is 9.54. The Bertz CT molecular complexity index is 1170. The molecule has 0 saturated heterocycles. The quantitative estimate of drug-likeness (QED) is 0.223. The molecule has 2 aromatic carbocycles. The van der Waals surface area contributed by atoms with E-state index in [1.54, 1.807) is 18.3 Å². The molecule has 3 aromatic rings. The van der Waals surface area contributed by atoms with Gasteiger partial charge >= 0.3 is 0 Å². The van der Waals surface area contributed by atoms with Gasteiger partial charge in [-0.15, -0.1) is 0 Å². The molecule has 0 saturated carbocycles. The SMILES string of the molecule is CC(C)CN(C(Cc1ccccn1)[C@H](O)CCc1ccccc1)S(=O)(=O)c1ccc(C=NO)cc1. The Hall–Kier alpha value is -3.07. The summed E-state index contributed by atoms with van der Waals surface area (Å²) in [7, 11) is -3.94. The van der Waals surface area contributed by atoms with Gasteiger partial charge in [0.2, 0.25) is 10.0 Å². The summed E-state index contributed by atoms with van der Waals surface area (Å²) < 4.78 is 29.1. The number of sulfonamides is 1. The fourth-order valence-corrected chi connectivity index (χ4v) is 5.83. The van der Waals surface area contributed by atoms with Gasteiger partial charge in [-0.05, 0) is 54.2 Å². The standard InChI is InChI=1S/C27H33N3O4S/c1-21(2)20-30(35(33,34)25-14-11-23(12-15-25)19-29-32)26(18-24-10-6-7-17-28-24)27(31)16-13-22-8-4-3-5-9-22/h3-12,14-15,17,19,21,26-27,31-32H,13,16,18,20H2,1-2H3/t26?,27-/m1/s1. The zero-order chi connectivity index (χ0) is 25.3. The summed E-state index contributed by atoms with van der Waals surface area (Å²) in [5.41, 5.74) is 2.38. The van der Waals surface area contributed by atoms with Crippen LogP contribution in [0.1, 0.15) is 37.1 Å². The average molecular weight is 496 g/mol. The number of oxime groups is 1. The zero-order valence-electron chi connectivity index (χ0n) is 20.1. The first-order chi connectivity index (χ1) is 16.8. The van der Waals surface area contributed by atoms with E-state index >= 15 is 0 Å². The number of aliphatic hydroxyl groups excluding tert-OH is 1. The van der Waals surface area contributed by atoms with Crippen molar-refractivity contribution in [1.82, 2.24) is 9.29 Å². The largest absolute Gasteiger partial charge is 0.411 e. The van der Waals surface area contributed by atoms with Crippen LogP contribution in [0.15, 0.2) is 89.0 Å². The Morgan fingerprint density at radius 2 is 1.69 bits per heavy atom. The molecule has 2 N–H and O–H groups in total. The molecule has 0 fully saturated rings. The smallest absolute Gasteiger partial charge is 0.243 e. The highest BCUT2D eigenvalue weighted by molar-refractivity contribution is 7.89. The van der Waals surface area contributed by atoms with Crippen LogP contribution in [0.4, 0.5) is 0 Å². The van der Waals surface area contributed by atoms with Crippen molar-refractivity contribution < 1.29 is 18.7 Å². The molecule has 2 atom stereocenters. The lowest BCUT2D eigenvalue weighted by atomic mass is 9.97. The highest BCUT2D eigenvalue weighted by Crippen LogP contribution is 2.25. The number of benzene rings is 2. The molecule has 0 aliphatic heterocycles. The number of nitrogens with zero attached hydrogens (tertiary/aromatic N) is 3. The highest BCUT2D eigenvalue weighted by Gasteiger charge is 2.36. The molecule has 3 rings (SSSR count). The van der Waals surface area contributed by atoms with Crippen molar-refractivity contribution in [2.24, 2.45) is 11.1 Å². The minimum Gasteiger partial charge on any atom is -0.411 e. The summed E-state index contributed by atoms with van der Waals surface area (Å²) in [6.45, 7) is 4.16. The third-order valence-electron chi connectivity index (χ3n) is 5.77. The zero-order valence-corrected chi connectivity index (χ0v) is 20.9. The minimum atomic E-state index is -3.94. The lowest BCUT2D eigenvalue weighted by molar-refractivity contribution is 0.0774. The number of hydrogen-bond donors (Lipinski definition) is 2. The van der Waals surface area contributed by atoms with E-state index in [1.807, 2.05) is 62.4 Å². The second-order valence-electron chi connectivity index (χ2n) is 8.97. The maximum absolute atomic E-state index is 13.9. The number of rotatable bonds is 12. The molecule has 1 aromatic heterocycles. The van der Waals surface area contributed by atoms with Crippen LogP contribution >= 0.6 is 0 Å². The van der Waals surface area contributed by atoms with E-state index in [0.29, 0.717) is 18.4 Å². The molecule has 1 unspecified atom stereocenters. The predicted molar refractivity (Wildman–Crippen MR) is 137 cm³/mol. The molecular formula is C27H33N3O4S. The van der Waals surface area contributed by atoms with Crippen LogP contribution in [-0.2, 0) is 22.9 Å². The number of aromatic nitrogens is 1. The van der Waals surface area contributed by atoms with Crippen LogP contribution in [0, 0.1) is 5.92 Å². The predicted octanol–water partition coefficient (Wildman–Crippen LogP) is 4.14. The van der Waals surface area contributed by atoms with E-state index in [-0.39, 0.29) is 23.8 Å². The normalized spacial score (nSPS) is 14.0. The molecule has 0 radical (unpaired) electrons. The Labute approximate surface area is 207 Å². The van der Waals surface area contributed by atoms with E-state index in [1.165, 1.54) is 22.7 Å². The van der Waals surface area contributed by atoms with Crippen molar-refractivity contribution in [3.05, 3.63) is 95.8 Å². The Balaban J connectivity index is 1.96. The van der Waals surface area contributed by atoms with Crippen LogP contribution < -0.4 is 0 Å². The maximum atomic E-state index is 13.9. The van der Waals surface area contributed by atoms with Crippen LogP contribution in [0.3, 0.4) is 0 Å². The number of pyridine rings is 1. The van der Waals surface area contributed by atoms with Gasteiger partial charge in [0.25, 0.3) is 0 Å². The molecule has 0 spiro atoms. The minimum absolute atomic E-state index is 0.0399. The second kappa shape index (κ2) is 12.6. The molecule has 0 amide bonds. The lowest BCUT2D eigenvalue weighted by Gasteiger charge is -2.35. The van der Waals surface area contributed by atoms with Gasteiger partial charge < -0.3 is 10.3 Å². The fourth-order valence-electron chi connectivity index (χ4n) is 4.01. The fraction of sp³-hybridized carbons (Fsp3) is 0.333. The lowest BCUT2D eigenvalue weighted by Crippen LogP contribution is -2.50. The van der Waals surface area contributed by atoms with Crippen molar-refractivity contribution in [3.8, 4) is 0 Å². The van der Waals surface area contributed by atoms with Gasteiger partial charge in [0.1, 0.15) is 0 Å². The van der Waals surface area contributed by atoms with Crippen molar-refractivity contribution >= 4 is 16.2 Å². The molecule has 35 heavy (non-hydrogen) atoms. The maximum Gasteiger partial charge on any atom is 0.243 e. The summed E-state index contributed by atoms with van der Waals surface area (Å²) in [4.78, 5) is 4.52. The number of hydrogen-bond acceptors (Lipinski definition) is 6. The molecule has 1 heterocycles. The molecule has 7 nitrogen and oxygen atoms in total. The van der Waals surface area contributed by atoms with Gasteiger partial charge in [0.15, 0.2) is 0 Å². The van der Waals surface area contributed by atoms with E-state index in [4.69, 9.17) is 5.21 Å². The highest BCUT2D eigenvalue weighted by atomic mass is 32.2. The Morgan fingerprint density at radius 1 is 1.00 bits per heavy atom. The third kappa shape index (κ3) is 7.45. The van der Waals surface area contributed by atoms with E-state index in [0.717, 1.165) is 11.3 Å². The molecule has 8 heteroatoms. The van der Waals surface area contributed by atoms with Crippen LogP contribution in [0.2, 0.25) is 0 Å². The summed E-state index contributed by atoms with van der Waals surface area (Å²) >= 11 is 0. The molecular weight excluding hydrogens is 462 g/mol. The number of aliphatic hydroxyl groups is 1. The van der Waals surface area contributed by atoms with Gasteiger partial charge in [-0.2, -0.15) is 4.31 Å². The van der Waals surface area contributed by atoms with Gasteiger partial charge in [-0.25, -0.2) is 8.42 Å². The van der Waals surface area contributed by atoms with E-state index in [2.05, 4.69) is 10.1 Å². The van der Waals surface area contributed by atoms with Crippen LogP contribution in [0.25, 0.3) is 0 Å². The van der Waals surface area contributed by atoms with E-state index in [9.17, 15) is 13.5 Å². The van der Waals surface area contributed by atoms with Crippen LogP contribution in [0.5, 0.6) is 0 Å². The second-order valence-corrected chi connectivity index (χ2v) is 10.9. The third-order valence-corrected chi connectivity index (χ3v) is 7.67. The average Bonchev–Trinajstić information content (AvgIpc) is 2.86. The first-order valence-electron chi connectivity index (χ1n) is 11.7. The van der Waals surface area contributed by atoms with Gasteiger partial charge in [-0.1, -0.05) is 67.5 Å². The summed E-state index contributed by atoms with van der Waals surface area (Å²) in [5.74, 6) is 0.0399. The first kappa shape index (κ1) is 26.5. The van der Waals surface area contributed by atoms with E-state index < -0.39 is 22.2 Å². The molecule has 0 aliphatic carbocycles. The topological polar surface area (TPSA) is 103 Å². The molecule has 0 bridgehead atoms. The first-order valence-corrected chi connectivity index (χ1v) is 13.2. The van der Waals surface area contributed by atoms with Crippen LogP contribution in [-0.4, -0.2) is 52.9 Å². The molecule has 186 valence electrons. The Morgan fingerprint density at radius 3 is 2.29 bits per heavy atom. The summed E-state index contributed by atoms with van der Waals surface area (Å²) in [6.07, 6.45) is 3.35. The monoisotopic (exact) mass is 495 g/mol. The van der Waals surface area contributed by atoms with Gasteiger partial charge in [-0.3, -0.25) is 4.98 Å². The molecule has 0 aliphatic rings. The summed E-state index contributed by atoms with van der Waals surface area (Å²) in [6, 6.07) is 20.8. The summed E-state index contributed by atoms with van der Waals surface area (Å²) in [5, 5.41) is 23.1. The van der Waals surface area contributed by atoms with Gasteiger partial charge in [0.05, 0.1) is 23.3 Å². The van der Waals surface area contributed by atoms with Gasteiger partial charge in [0, 0.05) is 24.9 Å². The van der Waals surface area contributed by atoms with Crippen molar-refractivity contribution in [3.63, 3.8) is 0 Å². The van der Waals surface area contributed by atoms with Crippen molar-refractivity contribution in [1.29, 1.82) is 0 Å². The van der Waals surface area contributed by atoms with Crippen molar-refractivity contribution in [2.75, 3.05) is 6.54 Å². The number of aryl methyl sites for hydroxylation is 1. The van der Waals surface area contributed by atoms with Crippen molar-refractivity contribution in [2.45, 2.75) is 50.2 Å².